The molecule has 1 aliphatic rings. The molecule has 4 aromatic carbocycles. The number of aromatic nitrogens is 1. The van der Waals surface area contributed by atoms with E-state index >= 15 is 0 Å². The quantitative estimate of drug-likeness (QED) is 0.104. The van der Waals surface area contributed by atoms with E-state index < -0.39 is 12.0 Å². The van der Waals surface area contributed by atoms with Gasteiger partial charge in [-0.15, -0.1) is 0 Å². The third-order valence-electron chi connectivity index (χ3n) is 7.78. The monoisotopic (exact) mass is 952 g/mol. The Bertz CT molecular complexity index is 2300. The van der Waals surface area contributed by atoms with Crippen LogP contribution in [0.25, 0.3) is 11.8 Å². The zero-order valence-corrected chi connectivity index (χ0v) is 33.5. The first-order valence-electron chi connectivity index (χ1n) is 15.2. The van der Waals surface area contributed by atoms with Gasteiger partial charge >= 0.3 is 5.97 Å². The summed E-state index contributed by atoms with van der Waals surface area (Å²) in [6, 6.07) is 23.2. The molecule has 13 heteroatoms. The van der Waals surface area contributed by atoms with Crippen LogP contribution in [0, 0.1) is 7.14 Å². The average molecular weight is 953 g/mol. The van der Waals surface area contributed by atoms with Crippen LogP contribution in [0.15, 0.2) is 94.2 Å². The van der Waals surface area contributed by atoms with Crippen molar-refractivity contribution in [1.29, 1.82) is 0 Å². The number of hydrogen-bond donors (Lipinski definition) is 0. The maximum atomic E-state index is 14.4. The number of benzene rings is 4. The van der Waals surface area contributed by atoms with Gasteiger partial charge in [-0.05, 0) is 111 Å². The smallest absolute Gasteiger partial charge is 0.338 e. The molecule has 0 radical (unpaired) electrons. The second-order valence-corrected chi connectivity index (χ2v) is 15.0. The fourth-order valence-corrected chi connectivity index (χ4v) is 8.97. The molecule has 1 atom stereocenters. The van der Waals surface area contributed by atoms with E-state index in [1.54, 1.807) is 42.9 Å². The third kappa shape index (κ3) is 7.47. The average Bonchev–Trinajstić information content (AvgIpc) is 3.42. The molecule has 0 amide bonds. The van der Waals surface area contributed by atoms with Gasteiger partial charge in [-0.1, -0.05) is 77.0 Å². The first-order chi connectivity index (χ1) is 24.1. The van der Waals surface area contributed by atoms with Crippen LogP contribution in [0.1, 0.15) is 35.2 Å². The zero-order chi connectivity index (χ0) is 35.5. The summed E-state index contributed by atoms with van der Waals surface area (Å²) in [4.78, 5) is 33.6. The number of fused-ring (bicyclic) bond motifs is 1. The van der Waals surface area contributed by atoms with Crippen molar-refractivity contribution in [1.82, 2.24) is 4.57 Å². The number of esters is 1. The highest BCUT2D eigenvalue weighted by molar-refractivity contribution is 14.1. The largest absolute Gasteiger partial charge is 0.493 e. The van der Waals surface area contributed by atoms with E-state index in [4.69, 9.17) is 47.1 Å². The van der Waals surface area contributed by atoms with E-state index in [0.717, 1.165) is 29.6 Å². The Morgan fingerprint density at radius 2 is 1.66 bits per heavy atom. The molecule has 0 saturated carbocycles. The van der Waals surface area contributed by atoms with Gasteiger partial charge in [0.05, 0.1) is 59.9 Å². The molecular weight excluding hydrogens is 925 g/mol. The molecule has 8 nitrogen and oxygen atoms in total. The lowest BCUT2D eigenvalue weighted by atomic mass is 9.93. The number of carbonyl (C=O) groups is 1. The van der Waals surface area contributed by atoms with Crippen molar-refractivity contribution in [3.8, 4) is 17.2 Å². The standard InChI is InChI=1S/C37H28Cl2I2N2O6S/c1-4-48-36(45)31-32(22-8-6-5-7-9-22)42-37-43(33(31)23-11-13-28(46-2)29(18-23)47-3)35(44)30(50-37)17-21-15-26(40)34(27(41)16-21)49-19-20-10-12-24(38)25(39)14-20/h5-18,33H,4,19H2,1-3H3/b30-17-/t33-/m0/s1. The lowest BCUT2D eigenvalue weighted by Crippen LogP contribution is -2.40. The fraction of sp³-hybridized carbons (Fsp3) is 0.162. The van der Waals surface area contributed by atoms with Crippen LogP contribution in [0.2, 0.25) is 10.0 Å². The summed E-state index contributed by atoms with van der Waals surface area (Å²) in [7, 11) is 3.09. The van der Waals surface area contributed by atoms with Crippen LogP contribution in [0.3, 0.4) is 0 Å². The lowest BCUT2D eigenvalue weighted by Gasteiger charge is -2.26. The van der Waals surface area contributed by atoms with E-state index in [-0.39, 0.29) is 17.7 Å². The first kappa shape index (κ1) is 36.4. The molecule has 2 heterocycles. The van der Waals surface area contributed by atoms with Gasteiger partial charge in [0.2, 0.25) is 0 Å². The molecule has 256 valence electrons. The Kier molecular flexibility index (Phi) is 11.6. The molecule has 0 N–H and O–H groups in total. The summed E-state index contributed by atoms with van der Waals surface area (Å²) in [6.45, 7) is 2.20. The highest BCUT2D eigenvalue weighted by Crippen LogP contribution is 2.38. The van der Waals surface area contributed by atoms with Crippen LogP contribution in [-0.4, -0.2) is 31.4 Å². The molecule has 5 aromatic rings. The van der Waals surface area contributed by atoms with E-state index in [9.17, 15) is 9.59 Å². The van der Waals surface area contributed by atoms with Gasteiger partial charge in [0.15, 0.2) is 16.3 Å². The van der Waals surface area contributed by atoms with E-state index in [0.29, 0.717) is 48.7 Å². The van der Waals surface area contributed by atoms with E-state index in [1.807, 2.05) is 60.7 Å². The van der Waals surface area contributed by atoms with Crippen LogP contribution in [0.5, 0.6) is 17.2 Å². The zero-order valence-electron chi connectivity index (χ0n) is 26.8. The van der Waals surface area contributed by atoms with Crippen LogP contribution in [-0.2, 0) is 16.1 Å². The Hall–Kier alpha value is -3.37. The molecule has 6 rings (SSSR count). The lowest BCUT2D eigenvalue weighted by molar-refractivity contribution is -0.138. The molecule has 0 bridgehead atoms. The maximum absolute atomic E-state index is 14.4. The fourth-order valence-electron chi connectivity index (χ4n) is 5.52. The van der Waals surface area contributed by atoms with Gasteiger partial charge in [0.1, 0.15) is 12.4 Å². The topological polar surface area (TPSA) is 88.4 Å². The predicted octanol–water partition coefficient (Wildman–Crippen LogP) is 8.05. The minimum absolute atomic E-state index is 0.151. The number of halogens is 4. The molecular formula is C37H28Cl2I2N2O6S. The van der Waals surface area contributed by atoms with Gasteiger partial charge in [-0.3, -0.25) is 9.36 Å². The Labute approximate surface area is 329 Å². The highest BCUT2D eigenvalue weighted by Gasteiger charge is 2.35. The predicted molar refractivity (Wildman–Crippen MR) is 213 cm³/mol. The van der Waals surface area contributed by atoms with E-state index in [1.165, 1.54) is 18.4 Å². The van der Waals surface area contributed by atoms with Gasteiger partial charge in [-0.2, -0.15) is 0 Å². The van der Waals surface area contributed by atoms with Crippen molar-refractivity contribution in [2.45, 2.75) is 19.6 Å². The minimum Gasteiger partial charge on any atom is -0.493 e. The van der Waals surface area contributed by atoms with Crippen molar-refractivity contribution in [3.63, 3.8) is 0 Å². The molecule has 1 aliphatic heterocycles. The number of hydrogen-bond acceptors (Lipinski definition) is 8. The van der Waals surface area contributed by atoms with Gasteiger partial charge < -0.3 is 18.9 Å². The van der Waals surface area contributed by atoms with Crippen molar-refractivity contribution in [2.75, 3.05) is 20.8 Å². The number of ether oxygens (including phenoxy) is 4. The molecule has 0 spiro atoms. The molecule has 1 aromatic heterocycles. The molecule has 0 unspecified atom stereocenters. The maximum Gasteiger partial charge on any atom is 0.338 e. The van der Waals surface area contributed by atoms with Crippen molar-refractivity contribution < 1.29 is 23.7 Å². The number of thiazole rings is 1. The molecule has 0 aliphatic carbocycles. The Balaban J connectivity index is 1.49. The summed E-state index contributed by atoms with van der Waals surface area (Å²) in [6.07, 6.45) is 1.83. The SMILES string of the molecule is CCOC(=O)C1=C(c2ccccc2)N=c2s/c(=C\c3cc(I)c(OCc4ccc(Cl)c(Cl)c4)c(I)c3)c(=O)n2[C@H]1c1ccc(OC)c(OC)c1. The highest BCUT2D eigenvalue weighted by atomic mass is 127. The number of nitrogens with zero attached hydrogens (tertiary/aromatic N) is 2. The normalized spacial score (nSPS) is 14.2. The van der Waals surface area contributed by atoms with Crippen LogP contribution < -0.4 is 29.1 Å². The number of rotatable bonds is 10. The molecule has 50 heavy (non-hydrogen) atoms. The summed E-state index contributed by atoms with van der Waals surface area (Å²) in [5, 5.41) is 0.949. The summed E-state index contributed by atoms with van der Waals surface area (Å²) >= 11 is 18.0. The van der Waals surface area contributed by atoms with Gasteiger partial charge in [0.25, 0.3) is 5.56 Å². The second kappa shape index (κ2) is 15.9. The Morgan fingerprint density at radius 3 is 2.32 bits per heavy atom. The summed E-state index contributed by atoms with van der Waals surface area (Å²) in [5.41, 5.74) is 3.43. The van der Waals surface area contributed by atoms with Crippen LogP contribution in [0.4, 0.5) is 0 Å². The molecule has 0 fully saturated rings. The van der Waals surface area contributed by atoms with E-state index in [2.05, 4.69) is 45.2 Å². The van der Waals surface area contributed by atoms with Gasteiger partial charge in [-0.25, -0.2) is 9.79 Å². The summed E-state index contributed by atoms with van der Waals surface area (Å²) in [5.74, 6) is 1.13. The Morgan fingerprint density at radius 1 is 0.940 bits per heavy atom. The third-order valence-corrected chi connectivity index (χ3v) is 11.1. The van der Waals surface area contributed by atoms with Crippen molar-refractivity contribution in [3.05, 3.63) is 144 Å². The van der Waals surface area contributed by atoms with Gasteiger partial charge in [0, 0.05) is 5.56 Å². The second-order valence-electron chi connectivity index (χ2n) is 10.9. The minimum atomic E-state index is -0.861. The van der Waals surface area contributed by atoms with Crippen molar-refractivity contribution >= 4 is 97.5 Å². The number of carbonyl (C=O) groups excluding carboxylic acids is 1. The first-order valence-corrected chi connectivity index (χ1v) is 18.9. The van der Waals surface area contributed by atoms with Crippen LogP contribution >= 0.6 is 79.7 Å². The number of methoxy groups -OCH3 is 2. The van der Waals surface area contributed by atoms with Crippen molar-refractivity contribution in [2.24, 2.45) is 4.99 Å². The summed E-state index contributed by atoms with van der Waals surface area (Å²) < 4.78 is 26.6. The molecule has 0 saturated heterocycles.